The van der Waals surface area contributed by atoms with Gasteiger partial charge in [0.25, 0.3) is 0 Å². The molecule has 0 heterocycles. The average Bonchev–Trinajstić information content (AvgIpc) is 2.10. The lowest BCUT2D eigenvalue weighted by molar-refractivity contribution is 0.137. The molecule has 0 aliphatic rings. The van der Waals surface area contributed by atoms with E-state index < -0.39 is 0 Å². The molecule has 0 bridgehead atoms. The molecule has 0 rings (SSSR count). The van der Waals surface area contributed by atoms with Gasteiger partial charge in [0.05, 0.1) is 6.61 Å². The van der Waals surface area contributed by atoms with E-state index in [4.69, 9.17) is 4.74 Å². The predicted molar refractivity (Wildman–Crippen MR) is 57.0 cm³/mol. The summed E-state index contributed by atoms with van der Waals surface area (Å²) in [6, 6.07) is 0. The summed E-state index contributed by atoms with van der Waals surface area (Å²) in [6.45, 7) is 6.04. The van der Waals surface area contributed by atoms with E-state index in [2.05, 4.69) is 18.5 Å². The number of ether oxygens (including phenoxy) is 1. The first-order valence-corrected chi connectivity index (χ1v) is 6.08. The Bertz CT molecular complexity index is 70.9. The summed E-state index contributed by atoms with van der Waals surface area (Å²) in [4.78, 5) is 0. The molecule has 2 nitrogen and oxygen atoms in total. The van der Waals surface area contributed by atoms with Crippen LogP contribution in [0.25, 0.3) is 0 Å². The molecule has 0 aromatic carbocycles. The second-order valence-electron chi connectivity index (χ2n) is 2.71. The van der Waals surface area contributed by atoms with Crippen molar-refractivity contribution < 1.29 is 4.74 Å². The number of thioether (sulfide) groups is 1. The van der Waals surface area contributed by atoms with E-state index in [1.54, 1.807) is 0 Å². The maximum Gasteiger partial charge on any atom is 0.0590 e. The maximum atomic E-state index is 5.41. The minimum atomic E-state index is 0.856. The highest BCUT2D eigenvalue weighted by Crippen LogP contribution is 1.94. The SMILES string of the molecule is CCCNCCOCCCSC. The number of nitrogens with one attached hydrogen (secondary N) is 1. The van der Waals surface area contributed by atoms with Crippen molar-refractivity contribution in [2.75, 3.05) is 38.3 Å². The highest BCUT2D eigenvalue weighted by Gasteiger charge is 1.88. The third-order valence-corrected chi connectivity index (χ3v) is 2.18. The second kappa shape index (κ2) is 11.3. The lowest BCUT2D eigenvalue weighted by Crippen LogP contribution is -2.20. The Morgan fingerprint density at radius 2 is 2.08 bits per heavy atom. The van der Waals surface area contributed by atoms with Gasteiger partial charge in [-0.25, -0.2) is 0 Å². The summed E-state index contributed by atoms with van der Waals surface area (Å²) in [5, 5.41) is 3.30. The summed E-state index contributed by atoms with van der Waals surface area (Å²) in [5.74, 6) is 1.21. The normalized spacial score (nSPS) is 10.5. The van der Waals surface area contributed by atoms with E-state index >= 15 is 0 Å². The molecule has 0 saturated carbocycles. The highest BCUT2D eigenvalue weighted by atomic mass is 32.2. The molecule has 0 fully saturated rings. The first-order chi connectivity index (χ1) is 5.91. The Hall–Kier alpha value is 0.270. The molecule has 0 saturated heterocycles. The molecule has 1 N–H and O–H groups in total. The zero-order valence-electron chi connectivity index (χ0n) is 8.27. The van der Waals surface area contributed by atoms with Gasteiger partial charge in [-0.15, -0.1) is 0 Å². The van der Waals surface area contributed by atoms with Crippen molar-refractivity contribution in [2.45, 2.75) is 19.8 Å². The molecule has 12 heavy (non-hydrogen) atoms. The molecule has 0 aliphatic carbocycles. The monoisotopic (exact) mass is 191 g/mol. The summed E-state index contributed by atoms with van der Waals surface area (Å²) in [7, 11) is 0. The van der Waals surface area contributed by atoms with Crippen LogP contribution in [-0.2, 0) is 4.74 Å². The van der Waals surface area contributed by atoms with E-state index in [0.717, 1.165) is 26.3 Å². The Balaban J connectivity index is 2.73. The molecule has 0 atom stereocenters. The summed E-state index contributed by atoms with van der Waals surface area (Å²) >= 11 is 1.88. The van der Waals surface area contributed by atoms with Gasteiger partial charge in [-0.05, 0) is 31.4 Å². The van der Waals surface area contributed by atoms with E-state index in [1.807, 2.05) is 11.8 Å². The molecule has 0 aromatic rings. The smallest absolute Gasteiger partial charge is 0.0590 e. The fourth-order valence-electron chi connectivity index (χ4n) is 0.854. The lowest BCUT2D eigenvalue weighted by Gasteiger charge is -2.04. The van der Waals surface area contributed by atoms with Gasteiger partial charge >= 0.3 is 0 Å². The number of rotatable bonds is 9. The first-order valence-electron chi connectivity index (χ1n) is 4.69. The van der Waals surface area contributed by atoms with Crippen molar-refractivity contribution in [1.29, 1.82) is 0 Å². The Kier molecular flexibility index (Phi) is 11.5. The molecular formula is C9H21NOS. The van der Waals surface area contributed by atoms with Crippen LogP contribution >= 0.6 is 11.8 Å². The number of hydrogen-bond donors (Lipinski definition) is 1. The van der Waals surface area contributed by atoms with Crippen LogP contribution in [0.5, 0.6) is 0 Å². The van der Waals surface area contributed by atoms with E-state index in [-0.39, 0.29) is 0 Å². The predicted octanol–water partition coefficient (Wildman–Crippen LogP) is 1.76. The zero-order valence-corrected chi connectivity index (χ0v) is 9.08. The van der Waals surface area contributed by atoms with Gasteiger partial charge in [0.15, 0.2) is 0 Å². The third kappa shape index (κ3) is 10.3. The van der Waals surface area contributed by atoms with Crippen molar-refractivity contribution in [3.8, 4) is 0 Å². The molecule has 0 radical (unpaired) electrons. The quantitative estimate of drug-likeness (QED) is 0.561. The van der Waals surface area contributed by atoms with Crippen LogP contribution in [0.2, 0.25) is 0 Å². The fraction of sp³-hybridized carbons (Fsp3) is 1.00. The molecular weight excluding hydrogens is 170 g/mol. The van der Waals surface area contributed by atoms with Crippen molar-refractivity contribution in [1.82, 2.24) is 5.32 Å². The minimum Gasteiger partial charge on any atom is -0.380 e. The summed E-state index contributed by atoms with van der Waals surface area (Å²) in [5.41, 5.74) is 0. The van der Waals surface area contributed by atoms with Crippen LogP contribution in [0.3, 0.4) is 0 Å². The van der Waals surface area contributed by atoms with Crippen molar-refractivity contribution in [3.63, 3.8) is 0 Å². The zero-order chi connectivity index (χ0) is 9.07. The van der Waals surface area contributed by atoms with Gasteiger partial charge in [0, 0.05) is 13.2 Å². The van der Waals surface area contributed by atoms with Crippen LogP contribution in [0.15, 0.2) is 0 Å². The van der Waals surface area contributed by atoms with Crippen molar-refractivity contribution in [3.05, 3.63) is 0 Å². The van der Waals surface area contributed by atoms with Gasteiger partial charge < -0.3 is 10.1 Å². The van der Waals surface area contributed by atoms with E-state index in [9.17, 15) is 0 Å². The Morgan fingerprint density at radius 3 is 2.75 bits per heavy atom. The topological polar surface area (TPSA) is 21.3 Å². The average molecular weight is 191 g/mol. The second-order valence-corrected chi connectivity index (χ2v) is 3.69. The lowest BCUT2D eigenvalue weighted by atomic mass is 10.5. The standard InChI is InChI=1S/C9H21NOS/c1-3-5-10-6-8-11-7-4-9-12-2/h10H,3-9H2,1-2H3. The first kappa shape index (κ1) is 12.3. The minimum absolute atomic E-state index is 0.856. The molecule has 0 unspecified atom stereocenters. The van der Waals surface area contributed by atoms with Crippen LogP contribution in [0.4, 0.5) is 0 Å². The molecule has 0 amide bonds. The van der Waals surface area contributed by atoms with Crippen LogP contribution < -0.4 is 5.32 Å². The van der Waals surface area contributed by atoms with Crippen LogP contribution in [0, 0.1) is 0 Å². The van der Waals surface area contributed by atoms with Gasteiger partial charge in [-0.2, -0.15) is 11.8 Å². The maximum absolute atomic E-state index is 5.41. The van der Waals surface area contributed by atoms with Crippen LogP contribution in [0.1, 0.15) is 19.8 Å². The molecule has 0 spiro atoms. The van der Waals surface area contributed by atoms with Crippen molar-refractivity contribution >= 4 is 11.8 Å². The molecule has 74 valence electrons. The molecule has 3 heteroatoms. The summed E-state index contributed by atoms with van der Waals surface area (Å²) in [6.07, 6.45) is 4.50. The molecule has 0 aliphatic heterocycles. The summed E-state index contributed by atoms with van der Waals surface area (Å²) < 4.78 is 5.41. The van der Waals surface area contributed by atoms with E-state index in [0.29, 0.717) is 0 Å². The Morgan fingerprint density at radius 1 is 1.25 bits per heavy atom. The van der Waals surface area contributed by atoms with Crippen LogP contribution in [-0.4, -0.2) is 38.3 Å². The van der Waals surface area contributed by atoms with Crippen molar-refractivity contribution in [2.24, 2.45) is 0 Å². The van der Waals surface area contributed by atoms with E-state index in [1.165, 1.54) is 18.6 Å². The van der Waals surface area contributed by atoms with Gasteiger partial charge in [-0.3, -0.25) is 0 Å². The third-order valence-electron chi connectivity index (χ3n) is 1.49. The number of hydrogen-bond acceptors (Lipinski definition) is 3. The van der Waals surface area contributed by atoms with Gasteiger partial charge in [-0.1, -0.05) is 6.92 Å². The largest absolute Gasteiger partial charge is 0.380 e. The Labute approximate surface area is 80.4 Å². The fourth-order valence-corrected chi connectivity index (χ4v) is 1.26. The molecule has 0 aromatic heterocycles. The van der Waals surface area contributed by atoms with Gasteiger partial charge in [0.2, 0.25) is 0 Å². The highest BCUT2D eigenvalue weighted by molar-refractivity contribution is 7.98. The van der Waals surface area contributed by atoms with Gasteiger partial charge in [0.1, 0.15) is 0 Å².